The summed E-state index contributed by atoms with van der Waals surface area (Å²) in [6.07, 6.45) is 0. The molecule has 1 fully saturated rings. The first kappa shape index (κ1) is 22.2. The Hall–Kier alpha value is -4.03. The van der Waals surface area contributed by atoms with Gasteiger partial charge in [0, 0.05) is 16.3 Å². The molecule has 2 bridgehead atoms. The van der Waals surface area contributed by atoms with Crippen LogP contribution in [0.2, 0.25) is 0 Å². The Kier molecular flexibility index (Phi) is 4.95. The molecule has 0 radical (unpaired) electrons. The summed E-state index contributed by atoms with van der Waals surface area (Å²) in [7, 11) is 0. The summed E-state index contributed by atoms with van der Waals surface area (Å²) < 4.78 is 6.36. The van der Waals surface area contributed by atoms with Gasteiger partial charge in [-0.25, -0.2) is 9.69 Å². The molecule has 1 heterocycles. The molecule has 2 atom stereocenters. The highest BCUT2D eigenvalue weighted by molar-refractivity contribution is 9.10. The number of amides is 2. The number of anilines is 1. The summed E-state index contributed by atoms with van der Waals surface area (Å²) in [5.41, 5.74) is 5.49. The first-order chi connectivity index (χ1) is 18.0. The molecule has 1 saturated heterocycles. The monoisotopic (exact) mass is 549 g/mol. The fourth-order valence-corrected chi connectivity index (χ4v) is 6.61. The van der Waals surface area contributed by atoms with E-state index in [9.17, 15) is 14.4 Å². The Balaban J connectivity index is 1.21. The lowest BCUT2D eigenvalue weighted by Gasteiger charge is -2.45. The van der Waals surface area contributed by atoms with Gasteiger partial charge >= 0.3 is 5.97 Å². The first-order valence-corrected chi connectivity index (χ1v) is 13.0. The molecule has 4 aliphatic rings. The Morgan fingerprint density at radius 2 is 1.11 bits per heavy atom. The van der Waals surface area contributed by atoms with Crippen molar-refractivity contribution in [3.8, 4) is 5.75 Å². The summed E-state index contributed by atoms with van der Waals surface area (Å²) >= 11 is 3.35. The van der Waals surface area contributed by atoms with E-state index in [0.717, 1.165) is 26.7 Å². The van der Waals surface area contributed by atoms with Crippen LogP contribution in [0.4, 0.5) is 5.69 Å². The second-order valence-corrected chi connectivity index (χ2v) is 10.6. The van der Waals surface area contributed by atoms with Crippen molar-refractivity contribution in [1.29, 1.82) is 0 Å². The molecule has 4 aromatic rings. The zero-order valence-corrected chi connectivity index (χ0v) is 21.1. The van der Waals surface area contributed by atoms with Crippen LogP contribution in [0.1, 0.15) is 44.4 Å². The summed E-state index contributed by atoms with van der Waals surface area (Å²) in [5.74, 6) is -1.64. The van der Waals surface area contributed by atoms with E-state index in [1.54, 1.807) is 48.5 Å². The molecular formula is C31H20BrNO4. The largest absolute Gasteiger partial charge is 0.423 e. The van der Waals surface area contributed by atoms with E-state index in [1.165, 1.54) is 4.90 Å². The Bertz CT molecular complexity index is 1480. The van der Waals surface area contributed by atoms with Crippen LogP contribution in [0.25, 0.3) is 0 Å². The smallest absolute Gasteiger partial charge is 0.343 e. The molecule has 0 saturated carbocycles. The van der Waals surface area contributed by atoms with E-state index in [2.05, 4.69) is 40.2 Å². The SMILES string of the molecule is O=C(Oc1ccc(N2C(=O)[C@H]3C4c5ccccc5C(c5ccccc54)[C@@H]3C2=O)cc1)c1ccc(Br)cc1. The maximum Gasteiger partial charge on any atom is 0.343 e. The number of carbonyl (C=O) groups excluding carboxylic acids is 3. The van der Waals surface area contributed by atoms with Crippen molar-refractivity contribution in [2.24, 2.45) is 11.8 Å². The summed E-state index contributed by atoms with van der Waals surface area (Å²) in [6.45, 7) is 0. The lowest BCUT2D eigenvalue weighted by Crippen LogP contribution is -2.41. The maximum atomic E-state index is 13.9. The van der Waals surface area contributed by atoms with Crippen LogP contribution in [0, 0.1) is 11.8 Å². The van der Waals surface area contributed by atoms with Crippen LogP contribution in [-0.2, 0) is 9.59 Å². The Morgan fingerprint density at radius 3 is 1.57 bits per heavy atom. The van der Waals surface area contributed by atoms with Crippen molar-refractivity contribution < 1.29 is 19.1 Å². The van der Waals surface area contributed by atoms with Crippen molar-refractivity contribution >= 4 is 39.4 Å². The fourth-order valence-electron chi connectivity index (χ4n) is 6.35. The fraction of sp³-hybridized carbons (Fsp3) is 0.129. The molecule has 1 aliphatic heterocycles. The summed E-state index contributed by atoms with van der Waals surface area (Å²) in [6, 6.07) is 29.8. The third-order valence-electron chi connectivity index (χ3n) is 7.83. The third-order valence-corrected chi connectivity index (χ3v) is 8.36. The standard InChI is InChI=1S/C31H20BrNO4/c32-18-11-9-17(10-12-18)31(36)37-20-15-13-19(14-16-20)33-29(34)27-25-21-5-1-2-6-22(21)26(28(27)30(33)35)24-8-4-3-7-23(24)25/h1-16,25-28H/t25?,26?,27-,28-/m0/s1. The van der Waals surface area contributed by atoms with Crippen LogP contribution in [0.3, 0.4) is 0 Å². The van der Waals surface area contributed by atoms with E-state index in [0.29, 0.717) is 17.0 Å². The molecule has 2 amide bonds. The lowest BCUT2D eigenvalue weighted by molar-refractivity contribution is -0.122. The van der Waals surface area contributed by atoms with Crippen LogP contribution in [-0.4, -0.2) is 17.8 Å². The van der Waals surface area contributed by atoms with Gasteiger partial charge in [0.25, 0.3) is 0 Å². The predicted molar refractivity (Wildman–Crippen MR) is 142 cm³/mol. The van der Waals surface area contributed by atoms with Crippen molar-refractivity contribution in [2.45, 2.75) is 11.8 Å². The first-order valence-electron chi connectivity index (χ1n) is 12.2. The van der Waals surface area contributed by atoms with Gasteiger partial charge in [0.15, 0.2) is 0 Å². The molecule has 180 valence electrons. The number of nitrogens with zero attached hydrogens (tertiary/aromatic N) is 1. The lowest BCUT2D eigenvalue weighted by atomic mass is 9.55. The van der Waals surface area contributed by atoms with Gasteiger partial charge < -0.3 is 4.74 Å². The van der Waals surface area contributed by atoms with Crippen LogP contribution >= 0.6 is 15.9 Å². The molecule has 4 aromatic carbocycles. The highest BCUT2D eigenvalue weighted by Crippen LogP contribution is 2.61. The number of ether oxygens (including phenoxy) is 1. The molecule has 0 aromatic heterocycles. The zero-order chi connectivity index (χ0) is 25.3. The molecule has 0 N–H and O–H groups in total. The second-order valence-electron chi connectivity index (χ2n) is 9.67. The molecule has 8 rings (SSSR count). The summed E-state index contributed by atoms with van der Waals surface area (Å²) in [4.78, 5) is 41.5. The molecule has 6 heteroatoms. The topological polar surface area (TPSA) is 63.7 Å². The molecule has 0 spiro atoms. The van der Waals surface area contributed by atoms with Crippen LogP contribution in [0.5, 0.6) is 5.75 Å². The maximum absolute atomic E-state index is 13.9. The van der Waals surface area contributed by atoms with E-state index in [-0.39, 0.29) is 23.7 Å². The number of imide groups is 1. The molecular weight excluding hydrogens is 530 g/mol. The average molecular weight is 550 g/mol. The third kappa shape index (κ3) is 3.25. The normalized spacial score (nSPS) is 22.9. The van der Waals surface area contributed by atoms with Crippen molar-refractivity contribution in [3.63, 3.8) is 0 Å². The number of esters is 1. The predicted octanol–water partition coefficient (Wildman–Crippen LogP) is 6.06. The van der Waals surface area contributed by atoms with Crippen molar-refractivity contribution in [3.05, 3.63) is 129 Å². The van der Waals surface area contributed by atoms with Gasteiger partial charge in [-0.2, -0.15) is 0 Å². The average Bonchev–Trinajstić information content (AvgIpc) is 3.20. The van der Waals surface area contributed by atoms with Gasteiger partial charge in [-0.3, -0.25) is 9.59 Å². The number of halogens is 1. The molecule has 0 unspecified atom stereocenters. The van der Waals surface area contributed by atoms with Crippen molar-refractivity contribution in [1.82, 2.24) is 0 Å². The van der Waals surface area contributed by atoms with E-state index < -0.39 is 17.8 Å². The van der Waals surface area contributed by atoms with Crippen LogP contribution < -0.4 is 9.64 Å². The van der Waals surface area contributed by atoms with Crippen LogP contribution in [0.15, 0.2) is 102 Å². The van der Waals surface area contributed by atoms with Gasteiger partial charge in [0.05, 0.1) is 23.1 Å². The number of rotatable bonds is 3. The van der Waals surface area contributed by atoms with Gasteiger partial charge in [0.2, 0.25) is 11.8 Å². The number of benzene rings is 4. The number of hydrogen-bond acceptors (Lipinski definition) is 4. The zero-order valence-electron chi connectivity index (χ0n) is 19.5. The highest BCUT2D eigenvalue weighted by atomic mass is 79.9. The summed E-state index contributed by atoms with van der Waals surface area (Å²) in [5, 5.41) is 0. The highest BCUT2D eigenvalue weighted by Gasteiger charge is 2.61. The molecule has 5 nitrogen and oxygen atoms in total. The van der Waals surface area contributed by atoms with E-state index in [4.69, 9.17) is 4.74 Å². The van der Waals surface area contributed by atoms with Gasteiger partial charge in [-0.05, 0) is 70.8 Å². The minimum absolute atomic E-state index is 0.144. The minimum Gasteiger partial charge on any atom is -0.423 e. The van der Waals surface area contributed by atoms with Gasteiger partial charge in [-0.15, -0.1) is 0 Å². The van der Waals surface area contributed by atoms with E-state index in [1.807, 2.05) is 24.3 Å². The Morgan fingerprint density at radius 1 is 0.649 bits per heavy atom. The second kappa shape index (κ2) is 8.25. The minimum atomic E-state index is -0.480. The number of carbonyl (C=O) groups is 3. The number of hydrogen-bond donors (Lipinski definition) is 0. The molecule has 3 aliphatic carbocycles. The Labute approximate surface area is 221 Å². The quantitative estimate of drug-likeness (QED) is 0.177. The van der Waals surface area contributed by atoms with E-state index >= 15 is 0 Å². The van der Waals surface area contributed by atoms with Crippen molar-refractivity contribution in [2.75, 3.05) is 4.90 Å². The van der Waals surface area contributed by atoms with Gasteiger partial charge in [-0.1, -0.05) is 64.5 Å². The molecule has 37 heavy (non-hydrogen) atoms. The van der Waals surface area contributed by atoms with Gasteiger partial charge in [0.1, 0.15) is 5.75 Å².